The van der Waals surface area contributed by atoms with Crippen LogP contribution in [0.5, 0.6) is 5.88 Å². The van der Waals surface area contributed by atoms with Gasteiger partial charge in [-0.2, -0.15) is 5.10 Å². The number of methoxy groups -OCH3 is 1. The van der Waals surface area contributed by atoms with Crippen molar-refractivity contribution in [1.82, 2.24) is 29.9 Å². The van der Waals surface area contributed by atoms with Gasteiger partial charge in [-0.25, -0.2) is 4.68 Å². The molecule has 0 fully saturated rings. The Kier molecular flexibility index (Phi) is 6.01. The van der Waals surface area contributed by atoms with Gasteiger partial charge in [0, 0.05) is 26.6 Å². The number of ether oxygens (including phenoxy) is 1. The fourth-order valence-corrected chi connectivity index (χ4v) is 3.12. The second-order valence-electron chi connectivity index (χ2n) is 5.80. The lowest BCUT2D eigenvalue weighted by Crippen LogP contribution is -2.18. The van der Waals surface area contributed by atoms with Gasteiger partial charge < -0.3 is 14.6 Å². The molecule has 3 rings (SSSR count). The largest absolute Gasteiger partial charge is 0.481 e. The molecule has 0 saturated heterocycles. The molecule has 0 atom stereocenters. The first-order valence-corrected chi connectivity index (χ1v) is 7.89. The maximum atomic E-state index is 5.42. The molecule has 0 aliphatic carbocycles. The van der Waals surface area contributed by atoms with Crippen molar-refractivity contribution in [2.45, 2.75) is 52.2 Å². The van der Waals surface area contributed by atoms with E-state index in [9.17, 15) is 0 Å². The fraction of sp³-hybridized carbons (Fsp3) is 0.667. The zero-order valence-corrected chi connectivity index (χ0v) is 14.8. The molecule has 128 valence electrons. The molecule has 0 aromatic carbocycles. The van der Waals surface area contributed by atoms with Crippen molar-refractivity contribution in [3.63, 3.8) is 0 Å². The topological polar surface area (TPSA) is 69.8 Å². The van der Waals surface area contributed by atoms with E-state index in [0.29, 0.717) is 13.1 Å². The van der Waals surface area contributed by atoms with E-state index < -0.39 is 0 Å². The summed E-state index contributed by atoms with van der Waals surface area (Å²) in [7, 11) is 3.58. The molecule has 0 saturated carbocycles. The molecule has 2 aromatic rings. The molecule has 1 N–H and O–H groups in total. The molecule has 1 aliphatic heterocycles. The van der Waals surface area contributed by atoms with Gasteiger partial charge in [-0.15, -0.1) is 22.6 Å². The lowest BCUT2D eigenvalue weighted by atomic mass is 10.2. The van der Waals surface area contributed by atoms with Crippen molar-refractivity contribution in [2.24, 2.45) is 7.05 Å². The van der Waals surface area contributed by atoms with E-state index >= 15 is 0 Å². The van der Waals surface area contributed by atoms with Gasteiger partial charge in [0.2, 0.25) is 5.88 Å². The zero-order valence-electron chi connectivity index (χ0n) is 14.0. The first-order valence-electron chi connectivity index (χ1n) is 7.89. The molecule has 0 spiro atoms. The number of nitrogens with zero attached hydrogens (tertiary/aromatic N) is 5. The summed E-state index contributed by atoms with van der Waals surface area (Å²) in [6.07, 6.45) is 4.76. The minimum Gasteiger partial charge on any atom is -0.481 e. The van der Waals surface area contributed by atoms with Crippen molar-refractivity contribution >= 4 is 12.4 Å². The summed E-state index contributed by atoms with van der Waals surface area (Å²) in [6.45, 7) is 4.47. The summed E-state index contributed by atoms with van der Waals surface area (Å²) in [5.74, 6) is 2.96. The first kappa shape index (κ1) is 17.7. The first-order chi connectivity index (χ1) is 10.7. The van der Waals surface area contributed by atoms with Crippen molar-refractivity contribution in [3.8, 4) is 5.88 Å². The third-order valence-electron chi connectivity index (χ3n) is 4.25. The van der Waals surface area contributed by atoms with E-state index in [2.05, 4.69) is 25.2 Å². The average Bonchev–Trinajstić information content (AvgIpc) is 2.89. The molecule has 0 unspecified atom stereocenters. The summed E-state index contributed by atoms with van der Waals surface area (Å²) >= 11 is 0. The number of fused-ring (bicyclic) bond motifs is 1. The Morgan fingerprint density at radius 3 is 2.78 bits per heavy atom. The molecular weight excluding hydrogens is 316 g/mol. The van der Waals surface area contributed by atoms with Crippen LogP contribution in [0.25, 0.3) is 0 Å². The van der Waals surface area contributed by atoms with Crippen LogP contribution in [0.3, 0.4) is 0 Å². The summed E-state index contributed by atoms with van der Waals surface area (Å²) < 4.78 is 9.46. The van der Waals surface area contributed by atoms with E-state index in [1.165, 1.54) is 19.3 Å². The molecule has 0 bridgehead atoms. The third-order valence-corrected chi connectivity index (χ3v) is 4.25. The van der Waals surface area contributed by atoms with Gasteiger partial charge in [0.1, 0.15) is 11.6 Å². The minimum atomic E-state index is 0. The maximum absolute atomic E-state index is 5.42. The highest BCUT2D eigenvalue weighted by molar-refractivity contribution is 5.85. The van der Waals surface area contributed by atoms with Crippen LogP contribution < -0.4 is 10.1 Å². The number of rotatable bonds is 5. The Bertz CT molecular complexity index is 651. The highest BCUT2D eigenvalue weighted by Crippen LogP contribution is 2.20. The van der Waals surface area contributed by atoms with Crippen LogP contribution in [0, 0.1) is 6.92 Å². The molecule has 1 aliphatic rings. The minimum absolute atomic E-state index is 0. The lowest BCUT2D eigenvalue weighted by molar-refractivity contribution is 0.367. The average molecular weight is 341 g/mol. The Morgan fingerprint density at radius 1 is 1.17 bits per heavy atom. The van der Waals surface area contributed by atoms with Crippen LogP contribution in [0.2, 0.25) is 0 Å². The number of hydrogen-bond acceptors (Lipinski definition) is 5. The van der Waals surface area contributed by atoms with E-state index in [-0.39, 0.29) is 12.4 Å². The van der Waals surface area contributed by atoms with Gasteiger partial charge in [0.15, 0.2) is 0 Å². The highest BCUT2D eigenvalue weighted by Gasteiger charge is 2.16. The predicted octanol–water partition coefficient (Wildman–Crippen LogP) is 1.77. The van der Waals surface area contributed by atoms with Gasteiger partial charge in [0.05, 0.1) is 24.9 Å². The van der Waals surface area contributed by atoms with E-state index in [0.717, 1.165) is 41.8 Å². The molecule has 0 amide bonds. The lowest BCUT2D eigenvalue weighted by Gasteiger charge is -2.09. The summed E-state index contributed by atoms with van der Waals surface area (Å²) in [6, 6.07) is 0. The number of halogens is 1. The number of hydrogen-bond donors (Lipinski definition) is 1. The van der Waals surface area contributed by atoms with Gasteiger partial charge in [-0.1, -0.05) is 6.42 Å². The molecule has 2 aromatic heterocycles. The number of nitrogens with one attached hydrogen (secondary N) is 1. The Hall–Kier alpha value is -1.60. The van der Waals surface area contributed by atoms with Crippen LogP contribution in [0.15, 0.2) is 0 Å². The summed E-state index contributed by atoms with van der Waals surface area (Å²) in [4.78, 5) is 0. The van der Waals surface area contributed by atoms with Crippen molar-refractivity contribution < 1.29 is 4.74 Å². The number of aryl methyl sites for hydroxylation is 3. The highest BCUT2D eigenvalue weighted by atomic mass is 35.5. The standard InChI is InChI=1S/C15H24N6O.ClH/c1-11-12(15(22-3)20(2)19-11)9-16-10-14-18-17-13-7-5-4-6-8-21(13)14;/h16H,4-10H2,1-3H3;1H. The van der Waals surface area contributed by atoms with Crippen LogP contribution in [-0.4, -0.2) is 31.7 Å². The monoisotopic (exact) mass is 340 g/mol. The second-order valence-corrected chi connectivity index (χ2v) is 5.80. The van der Waals surface area contributed by atoms with Crippen molar-refractivity contribution in [1.29, 1.82) is 0 Å². The van der Waals surface area contributed by atoms with Crippen molar-refractivity contribution in [2.75, 3.05) is 7.11 Å². The summed E-state index contributed by atoms with van der Waals surface area (Å²) in [5.41, 5.74) is 2.09. The molecular formula is C15H25ClN6O. The molecule has 8 heteroatoms. The van der Waals surface area contributed by atoms with E-state index in [1.54, 1.807) is 11.8 Å². The second kappa shape index (κ2) is 7.79. The molecule has 23 heavy (non-hydrogen) atoms. The third kappa shape index (κ3) is 3.67. The maximum Gasteiger partial charge on any atom is 0.216 e. The Labute approximate surface area is 142 Å². The molecule has 3 heterocycles. The van der Waals surface area contributed by atoms with Gasteiger partial charge in [-0.05, 0) is 19.8 Å². The van der Waals surface area contributed by atoms with Crippen LogP contribution in [-0.2, 0) is 33.1 Å². The van der Waals surface area contributed by atoms with Gasteiger partial charge >= 0.3 is 0 Å². The fourth-order valence-electron chi connectivity index (χ4n) is 3.12. The normalized spacial score (nSPS) is 14.0. The number of aromatic nitrogens is 5. The Morgan fingerprint density at radius 2 is 2.00 bits per heavy atom. The predicted molar refractivity (Wildman–Crippen MR) is 89.9 cm³/mol. The quantitative estimate of drug-likeness (QED) is 0.898. The van der Waals surface area contributed by atoms with Crippen LogP contribution in [0.1, 0.15) is 42.2 Å². The zero-order chi connectivity index (χ0) is 15.5. The smallest absolute Gasteiger partial charge is 0.216 e. The van der Waals surface area contributed by atoms with E-state index in [4.69, 9.17) is 4.74 Å². The van der Waals surface area contributed by atoms with E-state index in [1.807, 2.05) is 14.0 Å². The van der Waals surface area contributed by atoms with Crippen LogP contribution in [0.4, 0.5) is 0 Å². The van der Waals surface area contributed by atoms with Crippen LogP contribution >= 0.6 is 12.4 Å². The molecule has 0 radical (unpaired) electrons. The molecule has 7 nitrogen and oxygen atoms in total. The SMILES string of the molecule is COc1c(CNCc2nnc3n2CCCCC3)c(C)nn1C.Cl. The summed E-state index contributed by atoms with van der Waals surface area (Å²) in [5, 5.41) is 16.5. The van der Waals surface area contributed by atoms with Gasteiger partial charge in [0.25, 0.3) is 0 Å². The van der Waals surface area contributed by atoms with Crippen molar-refractivity contribution in [3.05, 3.63) is 22.9 Å². The Balaban J connectivity index is 0.00000192. The van der Waals surface area contributed by atoms with Gasteiger partial charge in [-0.3, -0.25) is 0 Å².